The average molecular weight is 268 g/mol. The fourth-order valence-electron chi connectivity index (χ4n) is 1.17. The van der Waals surface area contributed by atoms with Crippen LogP contribution in [-0.4, -0.2) is 17.5 Å². The van der Waals surface area contributed by atoms with Gasteiger partial charge in [0.15, 0.2) is 0 Å². The molecule has 0 aliphatic carbocycles. The Kier molecular flexibility index (Phi) is 5.57. The van der Waals surface area contributed by atoms with Crippen LogP contribution in [0.15, 0.2) is 0 Å². The van der Waals surface area contributed by atoms with Crippen molar-refractivity contribution < 1.29 is 26.3 Å². The number of hydrogen-bond donors (Lipinski definition) is 0. The Morgan fingerprint density at radius 3 is 1.75 bits per heavy atom. The molecule has 0 aromatic rings. The predicted octanol–water partition coefficient (Wildman–Crippen LogP) is 4.70. The highest BCUT2D eigenvalue weighted by molar-refractivity contribution is 7.18. The van der Waals surface area contributed by atoms with Gasteiger partial charge < -0.3 is 0 Å². The van der Waals surface area contributed by atoms with Crippen LogP contribution in [0.2, 0.25) is 0 Å². The SMILES string of the molecule is CCCCCCC(F)(F)C(F)(F)C(F)(F)P. The fourth-order valence-corrected chi connectivity index (χ4v) is 1.39. The molecule has 0 N–H and O–H groups in total. The van der Waals surface area contributed by atoms with Crippen LogP contribution in [0.3, 0.4) is 0 Å². The minimum Gasteiger partial charge on any atom is -0.200 e. The second kappa shape index (κ2) is 5.56. The molecule has 1 unspecified atom stereocenters. The van der Waals surface area contributed by atoms with Crippen LogP contribution in [-0.2, 0) is 0 Å². The van der Waals surface area contributed by atoms with E-state index in [1.807, 2.05) is 6.92 Å². The van der Waals surface area contributed by atoms with Crippen molar-refractivity contribution in [3.63, 3.8) is 0 Å². The third kappa shape index (κ3) is 3.79. The quantitative estimate of drug-likeness (QED) is 0.357. The highest BCUT2D eigenvalue weighted by Crippen LogP contribution is 2.50. The molecule has 0 aliphatic heterocycles. The summed E-state index contributed by atoms with van der Waals surface area (Å²) in [4.78, 5) is 0. The fraction of sp³-hybridized carbons (Fsp3) is 1.00. The molecule has 7 heteroatoms. The topological polar surface area (TPSA) is 0 Å². The molecule has 0 spiro atoms. The molecule has 0 aliphatic rings. The molecule has 0 saturated heterocycles. The monoisotopic (exact) mass is 268 g/mol. The number of halogens is 6. The van der Waals surface area contributed by atoms with Gasteiger partial charge in [-0.2, -0.15) is 26.3 Å². The number of hydrogen-bond acceptors (Lipinski definition) is 0. The number of unbranched alkanes of at least 4 members (excludes halogenated alkanes) is 3. The summed E-state index contributed by atoms with van der Waals surface area (Å²) in [7, 11) is 0.471. The summed E-state index contributed by atoms with van der Waals surface area (Å²) in [5.74, 6) is -10.00. The van der Waals surface area contributed by atoms with E-state index in [1.165, 1.54) is 0 Å². The van der Waals surface area contributed by atoms with E-state index < -0.39 is 23.9 Å². The Labute approximate surface area is 93.0 Å². The normalized spacial score (nSPS) is 14.2. The summed E-state index contributed by atoms with van der Waals surface area (Å²) in [5, 5.41) is 0. The van der Waals surface area contributed by atoms with Crippen molar-refractivity contribution in [2.75, 3.05) is 0 Å². The van der Waals surface area contributed by atoms with Crippen molar-refractivity contribution in [2.24, 2.45) is 0 Å². The standard InChI is InChI=1S/C9H15F6P/c1-2-3-4-5-6-7(10,11)8(12,13)9(14,15)16/h2-6,16H2,1H3. The van der Waals surface area contributed by atoms with Gasteiger partial charge in [-0.15, -0.1) is 0 Å². The second-order valence-electron chi connectivity index (χ2n) is 3.71. The van der Waals surface area contributed by atoms with Crippen LogP contribution in [0.5, 0.6) is 0 Å². The first-order chi connectivity index (χ1) is 7.06. The molecule has 0 saturated carbocycles. The maximum atomic E-state index is 12.9. The Morgan fingerprint density at radius 1 is 0.875 bits per heavy atom. The van der Waals surface area contributed by atoms with E-state index >= 15 is 0 Å². The highest BCUT2D eigenvalue weighted by Gasteiger charge is 2.68. The van der Waals surface area contributed by atoms with Crippen molar-refractivity contribution >= 4 is 9.24 Å². The zero-order chi connectivity index (χ0) is 13.0. The second-order valence-corrected chi connectivity index (χ2v) is 4.44. The van der Waals surface area contributed by atoms with E-state index in [0.717, 1.165) is 6.42 Å². The molecule has 98 valence electrons. The first-order valence-electron chi connectivity index (χ1n) is 4.98. The molecule has 0 heterocycles. The van der Waals surface area contributed by atoms with E-state index in [9.17, 15) is 26.3 Å². The smallest absolute Gasteiger partial charge is 0.200 e. The predicted molar refractivity (Wildman–Crippen MR) is 53.3 cm³/mol. The number of alkyl halides is 6. The molecule has 0 nitrogen and oxygen atoms in total. The summed E-state index contributed by atoms with van der Waals surface area (Å²) >= 11 is 0. The average Bonchev–Trinajstić information content (AvgIpc) is 2.10. The summed E-state index contributed by atoms with van der Waals surface area (Å²) in [5.41, 5.74) is -4.79. The molecule has 0 radical (unpaired) electrons. The van der Waals surface area contributed by atoms with Crippen molar-refractivity contribution in [2.45, 2.75) is 56.5 Å². The van der Waals surface area contributed by atoms with Crippen molar-refractivity contribution in [3.05, 3.63) is 0 Å². The lowest BCUT2D eigenvalue weighted by molar-refractivity contribution is -0.279. The molecule has 16 heavy (non-hydrogen) atoms. The first-order valence-corrected chi connectivity index (χ1v) is 5.56. The minimum absolute atomic E-state index is 0.183. The van der Waals surface area contributed by atoms with Crippen molar-refractivity contribution in [3.8, 4) is 0 Å². The molecule has 0 amide bonds. The Balaban J connectivity index is 4.41. The molecule has 0 aromatic heterocycles. The maximum absolute atomic E-state index is 12.9. The van der Waals surface area contributed by atoms with Gasteiger partial charge in [-0.05, 0) is 6.42 Å². The summed E-state index contributed by atoms with van der Waals surface area (Å²) in [6.07, 6.45) is 0.312. The summed E-state index contributed by atoms with van der Waals surface area (Å²) < 4.78 is 75.8. The van der Waals surface area contributed by atoms with Gasteiger partial charge in [0.05, 0.1) is 0 Å². The van der Waals surface area contributed by atoms with Crippen LogP contribution in [0.25, 0.3) is 0 Å². The van der Waals surface area contributed by atoms with Crippen LogP contribution in [0.4, 0.5) is 26.3 Å². The van der Waals surface area contributed by atoms with Gasteiger partial charge in [-0.25, -0.2) is 0 Å². The lowest BCUT2D eigenvalue weighted by Gasteiger charge is -2.30. The van der Waals surface area contributed by atoms with Gasteiger partial charge in [-0.1, -0.05) is 35.4 Å². The zero-order valence-corrected chi connectivity index (χ0v) is 10.0. The molecular formula is C9H15F6P. The van der Waals surface area contributed by atoms with E-state index in [4.69, 9.17) is 0 Å². The van der Waals surface area contributed by atoms with Gasteiger partial charge in [0.2, 0.25) is 0 Å². The molecule has 0 rings (SSSR count). The maximum Gasteiger partial charge on any atom is 0.375 e. The Bertz CT molecular complexity index is 211. The Hall–Kier alpha value is 0.01000. The van der Waals surface area contributed by atoms with Crippen LogP contribution in [0, 0.1) is 0 Å². The molecule has 0 fully saturated rings. The minimum atomic E-state index is -5.32. The van der Waals surface area contributed by atoms with Crippen molar-refractivity contribution in [1.29, 1.82) is 0 Å². The van der Waals surface area contributed by atoms with Crippen molar-refractivity contribution in [1.82, 2.24) is 0 Å². The largest absolute Gasteiger partial charge is 0.375 e. The lowest BCUT2D eigenvalue weighted by Crippen LogP contribution is -2.50. The first kappa shape index (κ1) is 16.0. The molecule has 0 aromatic carbocycles. The van der Waals surface area contributed by atoms with Gasteiger partial charge in [0.25, 0.3) is 0 Å². The third-order valence-corrected chi connectivity index (χ3v) is 2.58. The van der Waals surface area contributed by atoms with E-state index in [0.29, 0.717) is 22.1 Å². The summed E-state index contributed by atoms with van der Waals surface area (Å²) in [6, 6.07) is 0. The molecule has 0 bridgehead atoms. The van der Waals surface area contributed by atoms with Crippen LogP contribution in [0.1, 0.15) is 39.0 Å². The molecular weight excluding hydrogens is 253 g/mol. The van der Waals surface area contributed by atoms with Gasteiger partial charge in [0, 0.05) is 6.42 Å². The van der Waals surface area contributed by atoms with Crippen LogP contribution < -0.4 is 0 Å². The lowest BCUT2D eigenvalue weighted by atomic mass is 10.0. The summed E-state index contributed by atoms with van der Waals surface area (Å²) in [6.45, 7) is 1.82. The van der Waals surface area contributed by atoms with E-state index in [-0.39, 0.29) is 6.42 Å². The number of rotatable bonds is 7. The third-order valence-electron chi connectivity index (χ3n) is 2.22. The van der Waals surface area contributed by atoms with Gasteiger partial charge in [-0.3, -0.25) is 0 Å². The Morgan fingerprint density at radius 2 is 1.38 bits per heavy atom. The van der Waals surface area contributed by atoms with E-state index in [2.05, 4.69) is 0 Å². The van der Waals surface area contributed by atoms with Crippen LogP contribution >= 0.6 is 9.24 Å². The molecule has 1 atom stereocenters. The highest BCUT2D eigenvalue weighted by atomic mass is 31.0. The van der Waals surface area contributed by atoms with Gasteiger partial charge >= 0.3 is 17.5 Å². The zero-order valence-electron chi connectivity index (χ0n) is 8.88. The van der Waals surface area contributed by atoms with Gasteiger partial charge in [0.1, 0.15) is 0 Å². The van der Waals surface area contributed by atoms with E-state index in [1.54, 1.807) is 0 Å².